The number of amides is 1. The quantitative estimate of drug-likeness (QED) is 0.641. The van der Waals surface area contributed by atoms with Crippen LogP contribution in [0.25, 0.3) is 4.85 Å². The van der Waals surface area contributed by atoms with E-state index in [-0.39, 0.29) is 28.8 Å². The molecule has 0 aliphatic heterocycles. The van der Waals surface area contributed by atoms with E-state index in [1.807, 2.05) is 43.3 Å². The molecule has 3 rings (SSSR count). The highest BCUT2D eigenvalue weighted by Gasteiger charge is 2.63. The Morgan fingerprint density at radius 3 is 2.21 bits per heavy atom. The fourth-order valence-corrected chi connectivity index (χ4v) is 5.60. The topological polar surface area (TPSA) is 36.7 Å². The van der Waals surface area contributed by atoms with Gasteiger partial charge >= 0.3 is 0 Å². The van der Waals surface area contributed by atoms with Gasteiger partial charge in [0.1, 0.15) is 0 Å². The number of hydrogen-bond donors (Lipinski definition) is 1. The molecule has 4 nitrogen and oxygen atoms in total. The van der Waals surface area contributed by atoms with Gasteiger partial charge in [-0.3, -0.25) is 4.79 Å². The standard InChI is InChI=1S/C24H28ClN3O/c1-15-8-10-16(11-9-15)20(29)27-21-23(2,3)22(24(21,4)5)28(7)17-12-13-19(26-6)18(25)14-17/h8-14,21-22H,1-5,7H3,(H,27,29). The zero-order chi connectivity index (χ0) is 21.6. The second kappa shape index (κ2) is 7.39. The first-order chi connectivity index (χ1) is 13.5. The molecule has 2 aromatic carbocycles. The molecule has 1 fully saturated rings. The van der Waals surface area contributed by atoms with Gasteiger partial charge in [0.25, 0.3) is 5.91 Å². The van der Waals surface area contributed by atoms with Gasteiger partial charge in [0, 0.05) is 46.2 Å². The molecule has 2 aromatic rings. The molecule has 0 heterocycles. The smallest absolute Gasteiger partial charge is 0.251 e. The summed E-state index contributed by atoms with van der Waals surface area (Å²) >= 11 is 6.26. The van der Waals surface area contributed by atoms with Crippen LogP contribution in [0.3, 0.4) is 0 Å². The molecule has 1 aliphatic rings. The number of hydrogen-bond acceptors (Lipinski definition) is 2. The molecule has 1 saturated carbocycles. The molecule has 0 aromatic heterocycles. The fraction of sp³-hybridized carbons (Fsp3) is 0.417. The first-order valence-electron chi connectivity index (χ1n) is 9.77. The SMILES string of the molecule is [C-]#[N+]c1ccc(N(C)C2C(C)(C)C(NC(=O)c3ccc(C)cc3)C2(C)C)cc1Cl. The summed E-state index contributed by atoms with van der Waals surface area (Å²) in [4.78, 5) is 18.5. The van der Waals surface area contributed by atoms with Gasteiger partial charge in [0.2, 0.25) is 5.69 Å². The average Bonchev–Trinajstić information content (AvgIpc) is 2.65. The Kier molecular flexibility index (Phi) is 5.40. The lowest BCUT2D eigenvalue weighted by molar-refractivity contribution is -0.0682. The van der Waals surface area contributed by atoms with Crippen LogP contribution in [0.1, 0.15) is 43.6 Å². The molecule has 0 atom stereocenters. The number of nitrogens with one attached hydrogen (secondary N) is 1. The van der Waals surface area contributed by atoms with Crippen LogP contribution in [-0.2, 0) is 0 Å². The van der Waals surface area contributed by atoms with Crippen molar-refractivity contribution in [3.05, 3.63) is 70.0 Å². The number of rotatable bonds is 4. The molecule has 1 N–H and O–H groups in total. The predicted molar refractivity (Wildman–Crippen MR) is 120 cm³/mol. The molecule has 0 saturated heterocycles. The van der Waals surface area contributed by atoms with E-state index in [2.05, 4.69) is 49.8 Å². The lowest BCUT2D eigenvalue weighted by Gasteiger charge is -2.67. The molecule has 5 heteroatoms. The molecule has 0 bridgehead atoms. The zero-order valence-electron chi connectivity index (χ0n) is 17.9. The van der Waals surface area contributed by atoms with E-state index < -0.39 is 0 Å². The maximum absolute atomic E-state index is 12.8. The highest BCUT2D eigenvalue weighted by atomic mass is 35.5. The number of carbonyl (C=O) groups excluding carboxylic acids is 1. The van der Waals surface area contributed by atoms with Crippen LogP contribution in [0.5, 0.6) is 0 Å². The van der Waals surface area contributed by atoms with Gasteiger partial charge in [-0.05, 0) is 31.2 Å². The molecule has 152 valence electrons. The van der Waals surface area contributed by atoms with Crippen molar-refractivity contribution in [3.63, 3.8) is 0 Å². The third-order valence-electron chi connectivity index (χ3n) is 6.33. The van der Waals surface area contributed by atoms with Crippen molar-refractivity contribution in [2.24, 2.45) is 10.8 Å². The lowest BCUT2D eigenvalue weighted by atomic mass is 9.47. The summed E-state index contributed by atoms with van der Waals surface area (Å²) in [5, 5.41) is 3.73. The molecule has 29 heavy (non-hydrogen) atoms. The van der Waals surface area contributed by atoms with E-state index in [0.717, 1.165) is 11.3 Å². The summed E-state index contributed by atoms with van der Waals surface area (Å²) in [5.74, 6) is -0.0401. The fourth-order valence-electron chi connectivity index (χ4n) is 5.38. The zero-order valence-corrected chi connectivity index (χ0v) is 18.6. The molecule has 0 unspecified atom stereocenters. The average molecular weight is 410 g/mol. The Morgan fingerprint density at radius 2 is 1.69 bits per heavy atom. The van der Waals surface area contributed by atoms with E-state index in [9.17, 15) is 4.79 Å². The second-order valence-corrected chi connectivity index (χ2v) is 9.58. The van der Waals surface area contributed by atoms with Gasteiger partial charge in [-0.15, -0.1) is 0 Å². The Balaban J connectivity index is 1.82. The van der Waals surface area contributed by atoms with Crippen molar-refractivity contribution in [1.29, 1.82) is 0 Å². The largest absolute Gasteiger partial charge is 0.370 e. The minimum atomic E-state index is -0.149. The molecular formula is C24H28ClN3O. The van der Waals surface area contributed by atoms with Gasteiger partial charge in [0.05, 0.1) is 6.57 Å². The van der Waals surface area contributed by atoms with E-state index in [1.165, 1.54) is 0 Å². The second-order valence-electron chi connectivity index (χ2n) is 9.18. The normalized spacial score (nSPS) is 21.6. The predicted octanol–water partition coefficient (Wildman–Crippen LogP) is 5.87. The first-order valence-corrected chi connectivity index (χ1v) is 10.2. The highest BCUT2D eigenvalue weighted by Crippen LogP contribution is 2.57. The first kappa shape index (κ1) is 21.2. The summed E-state index contributed by atoms with van der Waals surface area (Å²) in [6, 6.07) is 13.4. The maximum atomic E-state index is 12.8. The van der Waals surface area contributed by atoms with E-state index in [1.54, 1.807) is 6.07 Å². The van der Waals surface area contributed by atoms with E-state index >= 15 is 0 Å². The molecule has 0 spiro atoms. The van der Waals surface area contributed by atoms with Crippen molar-refractivity contribution >= 4 is 28.9 Å². The van der Waals surface area contributed by atoms with Crippen LogP contribution >= 0.6 is 11.6 Å². The van der Waals surface area contributed by atoms with Gasteiger partial charge in [-0.1, -0.05) is 63.1 Å². The number of anilines is 1. The third-order valence-corrected chi connectivity index (χ3v) is 6.64. The number of aryl methyl sites for hydroxylation is 1. The Labute approximate surface area is 178 Å². The number of nitrogens with zero attached hydrogens (tertiary/aromatic N) is 2. The Morgan fingerprint density at radius 1 is 1.10 bits per heavy atom. The van der Waals surface area contributed by atoms with Crippen LogP contribution in [-0.4, -0.2) is 25.0 Å². The van der Waals surface area contributed by atoms with Crippen LogP contribution in [0.4, 0.5) is 11.4 Å². The molecule has 1 amide bonds. The van der Waals surface area contributed by atoms with Crippen molar-refractivity contribution in [2.45, 2.75) is 46.7 Å². The lowest BCUT2D eigenvalue weighted by Crippen LogP contribution is -2.77. The number of carbonyl (C=O) groups is 1. The summed E-state index contributed by atoms with van der Waals surface area (Å²) in [5.41, 5.74) is 2.94. The number of benzene rings is 2. The van der Waals surface area contributed by atoms with Gasteiger partial charge in [0.15, 0.2) is 0 Å². The maximum Gasteiger partial charge on any atom is 0.251 e. The van der Waals surface area contributed by atoms with Gasteiger partial charge in [-0.25, -0.2) is 4.85 Å². The molecular weight excluding hydrogens is 382 g/mol. The van der Waals surface area contributed by atoms with Gasteiger partial charge < -0.3 is 10.2 Å². The Bertz CT molecular complexity index is 957. The van der Waals surface area contributed by atoms with Crippen molar-refractivity contribution in [3.8, 4) is 0 Å². The minimum absolute atomic E-state index is 0.0224. The van der Waals surface area contributed by atoms with Crippen molar-refractivity contribution in [1.82, 2.24) is 5.32 Å². The van der Waals surface area contributed by atoms with Crippen LogP contribution in [0.15, 0.2) is 42.5 Å². The summed E-state index contributed by atoms with van der Waals surface area (Å²) in [6.45, 7) is 17.9. The van der Waals surface area contributed by atoms with E-state index in [4.69, 9.17) is 18.2 Å². The van der Waals surface area contributed by atoms with Crippen molar-refractivity contribution < 1.29 is 4.79 Å². The summed E-state index contributed by atoms with van der Waals surface area (Å²) < 4.78 is 0. The molecule has 1 aliphatic carbocycles. The highest BCUT2D eigenvalue weighted by molar-refractivity contribution is 6.33. The number of halogens is 1. The van der Waals surface area contributed by atoms with Crippen molar-refractivity contribution in [2.75, 3.05) is 11.9 Å². The Hall–Kier alpha value is -2.51. The third kappa shape index (κ3) is 3.60. The van der Waals surface area contributed by atoms with Crippen LogP contribution in [0.2, 0.25) is 5.02 Å². The van der Waals surface area contributed by atoms with Gasteiger partial charge in [-0.2, -0.15) is 0 Å². The van der Waals surface area contributed by atoms with Crippen LogP contribution in [0, 0.1) is 24.3 Å². The minimum Gasteiger partial charge on any atom is -0.370 e. The monoisotopic (exact) mass is 409 g/mol. The summed E-state index contributed by atoms with van der Waals surface area (Å²) in [6.07, 6.45) is 0. The van der Waals surface area contributed by atoms with Crippen LogP contribution < -0.4 is 10.2 Å². The van der Waals surface area contributed by atoms with E-state index in [0.29, 0.717) is 16.3 Å². The summed E-state index contributed by atoms with van der Waals surface area (Å²) in [7, 11) is 2.05. The molecule has 0 radical (unpaired) electrons.